The van der Waals surface area contributed by atoms with Gasteiger partial charge in [-0.15, -0.1) is 0 Å². The number of carbonyl (C=O) groups is 2. The highest BCUT2D eigenvalue weighted by molar-refractivity contribution is 6.41. The first-order valence-corrected chi connectivity index (χ1v) is 13.3. The van der Waals surface area contributed by atoms with E-state index in [0.717, 1.165) is 28.5 Å². The van der Waals surface area contributed by atoms with Crippen LogP contribution >= 0.6 is 0 Å². The fourth-order valence-electron chi connectivity index (χ4n) is 4.93. The number of hydrogen-bond donors (Lipinski definition) is 1. The molecule has 0 radical (unpaired) electrons. The Morgan fingerprint density at radius 2 is 1.32 bits per heavy atom. The molecular weight excluding hydrogens is 502 g/mol. The van der Waals surface area contributed by atoms with Crippen molar-refractivity contribution in [3.8, 4) is 0 Å². The number of piperazine rings is 1. The molecule has 4 aromatic rings. The summed E-state index contributed by atoms with van der Waals surface area (Å²) in [7, 11) is 0. The summed E-state index contributed by atoms with van der Waals surface area (Å²) in [5, 5.41) is 10.9. The van der Waals surface area contributed by atoms with Crippen LogP contribution in [0.25, 0.3) is 5.76 Å². The van der Waals surface area contributed by atoms with E-state index >= 15 is 0 Å². The van der Waals surface area contributed by atoms with Gasteiger partial charge in [0.2, 0.25) is 5.78 Å². The molecule has 0 spiro atoms. The van der Waals surface area contributed by atoms with Gasteiger partial charge in [0.15, 0.2) is 0 Å². The van der Waals surface area contributed by atoms with Crippen LogP contribution in [0.2, 0.25) is 0 Å². The summed E-state index contributed by atoms with van der Waals surface area (Å²) >= 11 is 0. The van der Waals surface area contributed by atoms with Crippen LogP contribution in [0.5, 0.6) is 0 Å². The second-order valence-corrected chi connectivity index (χ2v) is 9.85. The molecule has 1 N–H and O–H groups in total. The summed E-state index contributed by atoms with van der Waals surface area (Å²) in [6, 6.07) is 30.8. The maximum Gasteiger partial charge on any atom is 0.294 e. The maximum absolute atomic E-state index is 13.4. The van der Waals surface area contributed by atoms with Gasteiger partial charge in [-0.2, -0.15) is 0 Å². The first-order valence-electron chi connectivity index (χ1n) is 13.3. The molecule has 7 heteroatoms. The molecule has 2 heterocycles. The van der Waals surface area contributed by atoms with E-state index in [1.807, 2.05) is 91.0 Å². The molecule has 0 saturated carbocycles. The third-order valence-corrected chi connectivity index (χ3v) is 7.03. The van der Waals surface area contributed by atoms with Gasteiger partial charge in [0, 0.05) is 44.1 Å². The van der Waals surface area contributed by atoms with Crippen molar-refractivity contribution >= 4 is 23.1 Å². The molecule has 1 aliphatic rings. The molecule has 1 aromatic heterocycles. The topological polar surface area (TPSA) is 82.8 Å². The number of ketones is 1. The number of aliphatic hydroxyl groups is 1. The number of carbonyl (C=O) groups excluding carboxylic acids is 2. The lowest BCUT2D eigenvalue weighted by molar-refractivity contribution is -0.142. The third kappa shape index (κ3) is 6.38. The molecule has 1 amide bonds. The summed E-state index contributed by atoms with van der Waals surface area (Å²) in [6.45, 7) is 2.30. The molecule has 1 aliphatic heterocycles. The number of benzene rings is 3. The molecule has 0 unspecified atom stereocenters. The van der Waals surface area contributed by atoms with Gasteiger partial charge in [-0.25, -0.2) is 0 Å². The van der Waals surface area contributed by atoms with E-state index in [2.05, 4.69) is 4.90 Å². The predicted molar refractivity (Wildman–Crippen MR) is 156 cm³/mol. The van der Waals surface area contributed by atoms with Crippen LogP contribution in [0.4, 0.5) is 5.69 Å². The maximum atomic E-state index is 13.4. The highest BCUT2D eigenvalue weighted by Gasteiger charge is 2.26. The number of amides is 1. The molecule has 202 valence electrons. The van der Waals surface area contributed by atoms with Gasteiger partial charge in [0.1, 0.15) is 5.76 Å². The Morgan fingerprint density at radius 1 is 0.750 bits per heavy atom. The Kier molecular flexibility index (Phi) is 8.21. The first kappa shape index (κ1) is 26.7. The molecule has 0 aliphatic carbocycles. The lowest BCUT2D eigenvalue weighted by Crippen LogP contribution is -2.50. The summed E-state index contributed by atoms with van der Waals surface area (Å²) in [5.41, 5.74) is 3.39. The number of aromatic nitrogens is 1. The minimum Gasteiger partial charge on any atom is -0.507 e. The van der Waals surface area contributed by atoms with Crippen LogP contribution in [0.3, 0.4) is 0 Å². The van der Waals surface area contributed by atoms with Crippen molar-refractivity contribution in [2.75, 3.05) is 31.1 Å². The van der Waals surface area contributed by atoms with Gasteiger partial charge < -0.3 is 19.5 Å². The second-order valence-electron chi connectivity index (χ2n) is 9.85. The molecule has 0 atom stereocenters. The van der Waals surface area contributed by atoms with Gasteiger partial charge in [0.05, 0.1) is 12.1 Å². The van der Waals surface area contributed by atoms with Gasteiger partial charge in [0.25, 0.3) is 11.5 Å². The Morgan fingerprint density at radius 3 is 1.95 bits per heavy atom. The van der Waals surface area contributed by atoms with Gasteiger partial charge in [-0.1, -0.05) is 78.9 Å². The number of hydrogen-bond acceptors (Lipinski definition) is 5. The Labute approximate surface area is 233 Å². The van der Waals surface area contributed by atoms with Crippen LogP contribution in [-0.2, 0) is 22.6 Å². The predicted octanol–water partition coefficient (Wildman–Crippen LogP) is 4.30. The quantitative estimate of drug-likeness (QED) is 0.207. The van der Waals surface area contributed by atoms with Crippen LogP contribution in [-0.4, -0.2) is 52.4 Å². The number of nitrogens with zero attached hydrogens (tertiary/aromatic N) is 3. The van der Waals surface area contributed by atoms with E-state index in [9.17, 15) is 19.5 Å². The lowest BCUT2D eigenvalue weighted by atomic mass is 10.0. The minimum atomic E-state index is -0.854. The summed E-state index contributed by atoms with van der Waals surface area (Å²) < 4.78 is 1.53. The van der Waals surface area contributed by atoms with Gasteiger partial charge >= 0.3 is 0 Å². The molecule has 0 bridgehead atoms. The average molecular weight is 534 g/mol. The molecule has 1 fully saturated rings. The van der Waals surface area contributed by atoms with Crippen molar-refractivity contribution in [3.05, 3.63) is 142 Å². The van der Waals surface area contributed by atoms with Crippen LogP contribution in [0.1, 0.15) is 22.3 Å². The highest BCUT2D eigenvalue weighted by Crippen LogP contribution is 2.17. The van der Waals surface area contributed by atoms with Gasteiger partial charge in [-0.05, 0) is 41.3 Å². The Hall–Kier alpha value is -4.91. The minimum absolute atomic E-state index is 0.0144. The molecular formula is C33H31N3O4. The van der Waals surface area contributed by atoms with Crippen LogP contribution < -0.4 is 10.5 Å². The average Bonchev–Trinajstić information content (AvgIpc) is 3.00. The third-order valence-electron chi connectivity index (χ3n) is 7.03. The van der Waals surface area contributed by atoms with E-state index in [-0.39, 0.29) is 5.56 Å². The zero-order valence-electron chi connectivity index (χ0n) is 22.1. The fraction of sp³-hybridized carbons (Fsp3) is 0.182. The van der Waals surface area contributed by atoms with E-state index in [0.29, 0.717) is 39.1 Å². The van der Waals surface area contributed by atoms with Crippen molar-refractivity contribution in [1.82, 2.24) is 9.47 Å². The van der Waals surface area contributed by atoms with Crippen molar-refractivity contribution in [1.29, 1.82) is 0 Å². The summed E-state index contributed by atoms with van der Waals surface area (Å²) in [5.74, 6) is -2.06. The van der Waals surface area contributed by atoms with E-state index in [4.69, 9.17) is 0 Å². The Bertz CT molecular complexity index is 1560. The monoisotopic (exact) mass is 533 g/mol. The van der Waals surface area contributed by atoms with Gasteiger partial charge in [-0.3, -0.25) is 14.4 Å². The first-order chi connectivity index (χ1) is 19.5. The molecule has 3 aromatic carbocycles. The number of anilines is 1. The smallest absolute Gasteiger partial charge is 0.294 e. The normalized spacial score (nSPS) is 13.8. The molecule has 40 heavy (non-hydrogen) atoms. The Balaban J connectivity index is 1.36. The molecule has 1 saturated heterocycles. The zero-order chi connectivity index (χ0) is 27.9. The van der Waals surface area contributed by atoms with Crippen molar-refractivity contribution in [3.63, 3.8) is 0 Å². The summed E-state index contributed by atoms with van der Waals surface area (Å²) in [6.07, 6.45) is 3.19. The fourth-order valence-corrected chi connectivity index (χ4v) is 4.93. The van der Waals surface area contributed by atoms with E-state index < -0.39 is 23.0 Å². The van der Waals surface area contributed by atoms with Crippen LogP contribution in [0, 0.1) is 0 Å². The van der Waals surface area contributed by atoms with Crippen molar-refractivity contribution in [2.45, 2.75) is 13.0 Å². The number of aliphatic hydroxyl groups excluding tert-OH is 1. The highest BCUT2D eigenvalue weighted by atomic mass is 16.3. The summed E-state index contributed by atoms with van der Waals surface area (Å²) in [4.78, 5) is 42.9. The van der Waals surface area contributed by atoms with E-state index in [1.165, 1.54) is 9.47 Å². The zero-order valence-corrected chi connectivity index (χ0v) is 22.1. The van der Waals surface area contributed by atoms with Crippen LogP contribution in [0.15, 0.2) is 114 Å². The second kappa shape index (κ2) is 12.3. The number of para-hydroxylation sites is 1. The van der Waals surface area contributed by atoms with E-state index in [1.54, 1.807) is 12.3 Å². The molecule has 7 nitrogen and oxygen atoms in total. The number of pyridine rings is 1. The lowest BCUT2D eigenvalue weighted by Gasteiger charge is -2.35. The largest absolute Gasteiger partial charge is 0.507 e. The van der Waals surface area contributed by atoms with Crippen molar-refractivity contribution < 1.29 is 14.7 Å². The van der Waals surface area contributed by atoms with Crippen molar-refractivity contribution in [2.24, 2.45) is 0 Å². The molecule has 5 rings (SSSR count). The SMILES string of the molecule is O=C(C=C(O)c1cc(Cc2ccccc2)cn(Cc2ccccc2)c1=O)C(=O)N1CCN(c2ccccc2)CC1. The number of rotatable bonds is 8. The standard InChI is InChI=1S/C33H31N3O4/c37-30(22-31(38)33(40)35-18-16-34(17-19-35)28-14-8-3-9-15-28)29-21-27(20-25-10-4-1-5-11-25)24-36(32(29)39)23-26-12-6-2-7-13-26/h1-15,21-22,24,37H,16-20,23H2.